The van der Waals surface area contributed by atoms with E-state index in [0.29, 0.717) is 22.8 Å². The third-order valence-electron chi connectivity index (χ3n) is 4.34. The minimum Gasteiger partial charge on any atom is -0.349 e. The quantitative estimate of drug-likeness (QED) is 0.656. The molecule has 0 spiro atoms. The molecule has 0 unspecified atom stereocenters. The zero-order valence-corrected chi connectivity index (χ0v) is 16.9. The van der Waals surface area contributed by atoms with Crippen molar-refractivity contribution < 1.29 is 9.59 Å². The van der Waals surface area contributed by atoms with Crippen molar-refractivity contribution in [1.82, 2.24) is 15.5 Å². The molecule has 1 heterocycles. The van der Waals surface area contributed by atoms with Crippen LogP contribution in [0.2, 0.25) is 5.02 Å². The van der Waals surface area contributed by atoms with Gasteiger partial charge in [0.05, 0.1) is 16.6 Å². The molecule has 27 heavy (non-hydrogen) atoms. The zero-order valence-electron chi connectivity index (χ0n) is 15.3. The Morgan fingerprint density at radius 2 is 2.07 bits per heavy atom. The van der Waals surface area contributed by atoms with E-state index in [9.17, 15) is 9.59 Å². The van der Waals surface area contributed by atoms with Gasteiger partial charge in [0, 0.05) is 23.2 Å². The average molecular weight is 407 g/mol. The number of rotatable bonds is 7. The van der Waals surface area contributed by atoms with Crippen LogP contribution in [0.1, 0.15) is 34.1 Å². The second kappa shape index (κ2) is 8.73. The first kappa shape index (κ1) is 19.7. The van der Waals surface area contributed by atoms with Gasteiger partial charge in [0.1, 0.15) is 0 Å². The van der Waals surface area contributed by atoms with Gasteiger partial charge in [-0.05, 0) is 56.6 Å². The van der Waals surface area contributed by atoms with Crippen LogP contribution >= 0.6 is 22.9 Å². The predicted octanol–water partition coefficient (Wildman–Crippen LogP) is 3.72. The Bertz CT molecular complexity index is 806. The van der Waals surface area contributed by atoms with Gasteiger partial charge in [-0.15, -0.1) is 11.3 Å². The molecule has 1 saturated carbocycles. The maximum absolute atomic E-state index is 12.2. The summed E-state index contributed by atoms with van der Waals surface area (Å²) in [6.45, 7) is 0.481. The largest absolute Gasteiger partial charge is 0.349 e. The molecule has 8 heteroatoms. The summed E-state index contributed by atoms with van der Waals surface area (Å²) in [6, 6.07) is 9.01. The van der Waals surface area contributed by atoms with Crippen LogP contribution in [0.3, 0.4) is 0 Å². The predicted molar refractivity (Wildman–Crippen MR) is 110 cm³/mol. The number of anilines is 1. The third-order valence-corrected chi connectivity index (χ3v) is 5.62. The lowest BCUT2D eigenvalue weighted by Crippen LogP contribution is -2.36. The maximum atomic E-state index is 12.2. The number of benzene rings is 1. The molecule has 3 N–H and O–H groups in total. The van der Waals surface area contributed by atoms with E-state index in [2.05, 4.69) is 26.9 Å². The van der Waals surface area contributed by atoms with Crippen molar-refractivity contribution >= 4 is 40.6 Å². The minimum atomic E-state index is -0.315. The molecule has 0 aliphatic heterocycles. The Morgan fingerprint density at radius 1 is 1.30 bits per heavy atom. The average Bonchev–Trinajstić information content (AvgIpc) is 3.25. The first-order valence-electron chi connectivity index (χ1n) is 8.79. The molecule has 3 rings (SSSR count). The van der Waals surface area contributed by atoms with Gasteiger partial charge in [-0.3, -0.25) is 4.79 Å². The van der Waals surface area contributed by atoms with Crippen LogP contribution in [0.25, 0.3) is 0 Å². The summed E-state index contributed by atoms with van der Waals surface area (Å²) >= 11 is 7.87. The molecular formula is C19H23ClN4O2S. The molecule has 6 nitrogen and oxygen atoms in total. The molecule has 0 saturated heterocycles. The van der Waals surface area contributed by atoms with Crippen molar-refractivity contribution in [3.05, 3.63) is 51.2 Å². The lowest BCUT2D eigenvalue weighted by Gasteiger charge is -2.23. The van der Waals surface area contributed by atoms with Crippen LogP contribution in [0.4, 0.5) is 10.5 Å². The first-order chi connectivity index (χ1) is 12.9. The van der Waals surface area contributed by atoms with Gasteiger partial charge in [0.15, 0.2) is 0 Å². The third kappa shape index (κ3) is 5.45. The fourth-order valence-corrected chi connectivity index (χ4v) is 3.84. The summed E-state index contributed by atoms with van der Waals surface area (Å²) in [7, 11) is 3.96. The van der Waals surface area contributed by atoms with Crippen molar-refractivity contribution in [3.63, 3.8) is 0 Å². The van der Waals surface area contributed by atoms with Crippen LogP contribution in [0.5, 0.6) is 0 Å². The Kier molecular flexibility index (Phi) is 6.36. The van der Waals surface area contributed by atoms with E-state index in [-0.39, 0.29) is 24.0 Å². The maximum Gasteiger partial charge on any atom is 0.319 e. The van der Waals surface area contributed by atoms with Crippen LogP contribution in [0, 0.1) is 0 Å². The van der Waals surface area contributed by atoms with Crippen molar-refractivity contribution in [2.24, 2.45) is 0 Å². The van der Waals surface area contributed by atoms with E-state index in [1.165, 1.54) is 4.88 Å². The van der Waals surface area contributed by atoms with Gasteiger partial charge in [0.25, 0.3) is 5.91 Å². The van der Waals surface area contributed by atoms with Gasteiger partial charge < -0.3 is 20.9 Å². The number of nitrogens with one attached hydrogen (secondary N) is 3. The topological polar surface area (TPSA) is 73.5 Å². The molecule has 144 valence electrons. The summed E-state index contributed by atoms with van der Waals surface area (Å²) in [5.74, 6) is -0.178. The van der Waals surface area contributed by atoms with Crippen molar-refractivity contribution in [2.75, 3.05) is 26.0 Å². The number of hydrogen-bond acceptors (Lipinski definition) is 4. The Labute approximate surface area is 167 Å². The Hall–Kier alpha value is -2.09. The summed E-state index contributed by atoms with van der Waals surface area (Å²) in [5, 5.41) is 10.9. The summed E-state index contributed by atoms with van der Waals surface area (Å²) in [4.78, 5) is 27.6. The number of carbonyl (C=O) groups excluding carboxylic acids is 2. The Morgan fingerprint density at radius 3 is 2.67 bits per heavy atom. The highest BCUT2D eigenvalue weighted by Gasteiger charge is 2.24. The molecule has 3 amide bonds. The number of carbonyl (C=O) groups is 2. The van der Waals surface area contributed by atoms with Crippen LogP contribution in [0.15, 0.2) is 35.7 Å². The highest BCUT2D eigenvalue weighted by atomic mass is 35.5. The molecule has 1 aromatic heterocycles. The highest BCUT2D eigenvalue weighted by Crippen LogP contribution is 2.24. The standard InChI is InChI=1S/C19H23ClN4O2S/c1-24(2)16(17-4-3-9-27-17)11-21-19(26)23-13-7-8-14(15(20)10-13)18(25)22-12-5-6-12/h3-4,7-10,12,16H,5-6,11H2,1-2H3,(H,22,25)(H2,21,23,26)/t16-/m0/s1. The molecular weight excluding hydrogens is 384 g/mol. The second-order valence-electron chi connectivity index (χ2n) is 6.77. The SMILES string of the molecule is CN(C)[C@@H](CNC(=O)Nc1ccc(C(=O)NC2CC2)c(Cl)c1)c1cccs1. The normalized spacial score (nSPS) is 14.7. The molecule has 2 aromatic rings. The minimum absolute atomic E-state index is 0.104. The number of thiophene rings is 1. The monoisotopic (exact) mass is 406 g/mol. The lowest BCUT2D eigenvalue weighted by atomic mass is 10.2. The van der Waals surface area contributed by atoms with Gasteiger partial charge in [-0.1, -0.05) is 17.7 Å². The van der Waals surface area contributed by atoms with Gasteiger partial charge in [0.2, 0.25) is 0 Å². The van der Waals surface area contributed by atoms with Crippen LogP contribution in [-0.2, 0) is 0 Å². The Balaban J connectivity index is 1.55. The van der Waals surface area contributed by atoms with Gasteiger partial charge >= 0.3 is 6.03 Å². The summed E-state index contributed by atoms with van der Waals surface area (Å²) in [6.07, 6.45) is 2.03. The number of urea groups is 1. The van der Waals surface area contributed by atoms with Crippen molar-refractivity contribution in [3.8, 4) is 0 Å². The smallest absolute Gasteiger partial charge is 0.319 e. The summed E-state index contributed by atoms with van der Waals surface area (Å²) < 4.78 is 0. The number of amides is 3. The van der Waals surface area contributed by atoms with Gasteiger partial charge in [-0.2, -0.15) is 0 Å². The number of halogens is 1. The number of likely N-dealkylation sites (N-methyl/N-ethyl adjacent to an activating group) is 1. The lowest BCUT2D eigenvalue weighted by molar-refractivity contribution is 0.0951. The van der Waals surface area contributed by atoms with Crippen LogP contribution < -0.4 is 16.0 Å². The van der Waals surface area contributed by atoms with Crippen molar-refractivity contribution in [1.29, 1.82) is 0 Å². The first-order valence-corrected chi connectivity index (χ1v) is 10.0. The summed E-state index contributed by atoms with van der Waals surface area (Å²) in [5.41, 5.74) is 0.956. The van der Waals surface area contributed by atoms with E-state index in [0.717, 1.165) is 12.8 Å². The molecule has 0 bridgehead atoms. The molecule has 1 aliphatic carbocycles. The number of hydrogen-bond donors (Lipinski definition) is 3. The second-order valence-corrected chi connectivity index (χ2v) is 8.16. The van der Waals surface area contributed by atoms with E-state index in [1.807, 2.05) is 25.5 Å². The molecule has 1 aromatic carbocycles. The molecule has 1 aliphatic rings. The van der Waals surface area contributed by atoms with E-state index in [1.54, 1.807) is 29.5 Å². The fourth-order valence-electron chi connectivity index (χ4n) is 2.65. The molecule has 1 atom stereocenters. The van der Waals surface area contributed by atoms with Gasteiger partial charge in [-0.25, -0.2) is 4.79 Å². The molecule has 0 radical (unpaired) electrons. The van der Waals surface area contributed by atoms with Crippen LogP contribution in [-0.4, -0.2) is 43.5 Å². The highest BCUT2D eigenvalue weighted by molar-refractivity contribution is 7.10. The fraction of sp³-hybridized carbons (Fsp3) is 0.368. The van der Waals surface area contributed by atoms with Crippen molar-refractivity contribution in [2.45, 2.75) is 24.9 Å². The molecule has 1 fully saturated rings. The number of nitrogens with zero attached hydrogens (tertiary/aromatic N) is 1. The van der Waals surface area contributed by atoms with E-state index in [4.69, 9.17) is 11.6 Å². The van der Waals surface area contributed by atoms with E-state index < -0.39 is 0 Å². The zero-order chi connectivity index (χ0) is 19.4. The van der Waals surface area contributed by atoms with E-state index >= 15 is 0 Å².